The lowest BCUT2D eigenvalue weighted by molar-refractivity contribution is -0.119. The summed E-state index contributed by atoms with van der Waals surface area (Å²) in [5.74, 6) is -0.118. The van der Waals surface area contributed by atoms with Crippen molar-refractivity contribution in [2.45, 2.75) is 77.3 Å². The molecule has 31 heavy (non-hydrogen) atoms. The highest BCUT2D eigenvalue weighted by Gasteiger charge is 2.60. The molecular weight excluding hydrogens is 394 g/mol. The molecule has 3 saturated carbocycles. The Bertz CT molecular complexity index is 855. The molecule has 0 radical (unpaired) electrons. The number of nitrogens with zero attached hydrogens (tertiary/aromatic N) is 1. The average molecular weight is 431 g/mol. The second-order valence-corrected chi connectivity index (χ2v) is 11.3. The Hall–Kier alpha value is -1.49. The molecule has 3 aliphatic carbocycles. The van der Waals surface area contributed by atoms with Gasteiger partial charge < -0.3 is 10.2 Å². The number of amides is 1. The van der Waals surface area contributed by atoms with Gasteiger partial charge in [-0.05, 0) is 106 Å². The van der Waals surface area contributed by atoms with Crippen LogP contribution in [0, 0.1) is 40.2 Å². The first-order chi connectivity index (χ1) is 14.8. The largest absolute Gasteiger partial charge is 0.349 e. The summed E-state index contributed by atoms with van der Waals surface area (Å²) >= 11 is 0. The average Bonchev–Trinajstić information content (AvgIpc) is 3.04. The van der Waals surface area contributed by atoms with Crippen LogP contribution in [-0.4, -0.2) is 36.5 Å². The molecule has 1 saturated heterocycles. The fraction of sp³-hybridized carbons (Fsp3) is 0.731. The first-order valence-electron chi connectivity index (χ1n) is 12.2. The van der Waals surface area contributed by atoms with E-state index >= 15 is 0 Å². The molecule has 1 aliphatic heterocycles. The van der Waals surface area contributed by atoms with Gasteiger partial charge in [-0.2, -0.15) is 0 Å². The quantitative estimate of drug-likeness (QED) is 0.681. The zero-order valence-electron chi connectivity index (χ0n) is 19.1. The molecule has 1 aromatic carbocycles. The lowest BCUT2D eigenvalue weighted by Gasteiger charge is -2.62. The van der Waals surface area contributed by atoms with Crippen molar-refractivity contribution in [2.75, 3.05) is 13.6 Å². The van der Waals surface area contributed by atoms with E-state index in [1.165, 1.54) is 44.7 Å². The number of halogens is 2. The number of likely N-dealkylation sites (tertiary alicyclic amines) is 1. The zero-order valence-corrected chi connectivity index (χ0v) is 19.1. The van der Waals surface area contributed by atoms with E-state index in [2.05, 4.69) is 31.1 Å². The molecule has 2 unspecified atom stereocenters. The minimum atomic E-state index is -0.784. The maximum atomic E-state index is 14.2. The van der Waals surface area contributed by atoms with Crippen LogP contribution >= 0.6 is 0 Å². The third-order valence-electron chi connectivity index (χ3n) is 10.1. The van der Waals surface area contributed by atoms with Crippen LogP contribution in [-0.2, 0) is 0 Å². The summed E-state index contributed by atoms with van der Waals surface area (Å²) in [4.78, 5) is 15.4. The monoisotopic (exact) mass is 430 g/mol. The van der Waals surface area contributed by atoms with Crippen molar-refractivity contribution < 1.29 is 13.6 Å². The highest BCUT2D eigenvalue weighted by atomic mass is 19.1. The Balaban J connectivity index is 1.36. The molecule has 4 aliphatic rings. The number of carbonyl (C=O) groups excluding carboxylic acids is 1. The predicted octanol–water partition coefficient (Wildman–Crippen LogP) is 5.40. The second-order valence-electron chi connectivity index (χ2n) is 11.3. The van der Waals surface area contributed by atoms with Crippen LogP contribution < -0.4 is 5.32 Å². The zero-order chi connectivity index (χ0) is 22.0. The van der Waals surface area contributed by atoms with Crippen LogP contribution in [0.1, 0.15) is 75.6 Å². The number of hydrogen-bond acceptors (Lipinski definition) is 2. The summed E-state index contributed by atoms with van der Waals surface area (Å²) in [6, 6.07) is 4.30. The van der Waals surface area contributed by atoms with E-state index in [-0.39, 0.29) is 11.5 Å². The van der Waals surface area contributed by atoms with Gasteiger partial charge in [-0.25, -0.2) is 8.78 Å². The van der Waals surface area contributed by atoms with Gasteiger partial charge in [0.15, 0.2) is 0 Å². The van der Waals surface area contributed by atoms with Gasteiger partial charge in [0.25, 0.3) is 5.91 Å². The molecule has 1 aromatic rings. The van der Waals surface area contributed by atoms with E-state index in [0.29, 0.717) is 23.3 Å². The molecule has 7 atom stereocenters. The minimum Gasteiger partial charge on any atom is -0.349 e. The van der Waals surface area contributed by atoms with Crippen molar-refractivity contribution in [3.8, 4) is 0 Å². The Morgan fingerprint density at radius 2 is 1.71 bits per heavy atom. The molecule has 1 heterocycles. The van der Waals surface area contributed by atoms with Crippen molar-refractivity contribution in [3.05, 3.63) is 35.4 Å². The number of carbonyl (C=O) groups is 1. The van der Waals surface area contributed by atoms with Crippen LogP contribution in [0.2, 0.25) is 0 Å². The van der Waals surface area contributed by atoms with Crippen molar-refractivity contribution in [3.63, 3.8) is 0 Å². The summed E-state index contributed by atoms with van der Waals surface area (Å²) in [6.45, 7) is 6.09. The van der Waals surface area contributed by atoms with E-state index in [0.717, 1.165) is 37.3 Å². The Morgan fingerprint density at radius 1 is 1.00 bits per heavy atom. The van der Waals surface area contributed by atoms with Crippen molar-refractivity contribution >= 4 is 5.91 Å². The van der Waals surface area contributed by atoms with Gasteiger partial charge in [0, 0.05) is 12.1 Å². The highest BCUT2D eigenvalue weighted by Crippen LogP contribution is 2.64. The van der Waals surface area contributed by atoms with Gasteiger partial charge in [0.05, 0.1) is 0 Å². The maximum absolute atomic E-state index is 14.2. The predicted molar refractivity (Wildman–Crippen MR) is 118 cm³/mol. The highest BCUT2D eigenvalue weighted by molar-refractivity contribution is 5.95. The fourth-order valence-electron chi connectivity index (χ4n) is 8.56. The molecule has 170 valence electrons. The molecule has 0 spiro atoms. The molecule has 5 rings (SSSR count). The van der Waals surface area contributed by atoms with E-state index < -0.39 is 23.1 Å². The summed E-state index contributed by atoms with van der Waals surface area (Å²) in [6.07, 6.45) is 9.50. The Labute approximate surface area is 185 Å². The lowest BCUT2D eigenvalue weighted by atomic mass is 9.47. The number of hydrogen-bond donors (Lipinski definition) is 1. The van der Waals surface area contributed by atoms with E-state index in [4.69, 9.17) is 0 Å². The first-order valence-corrected chi connectivity index (χ1v) is 12.2. The molecule has 3 nitrogen and oxygen atoms in total. The van der Waals surface area contributed by atoms with Crippen LogP contribution in [0.5, 0.6) is 0 Å². The van der Waals surface area contributed by atoms with Crippen molar-refractivity contribution in [1.82, 2.24) is 10.2 Å². The number of benzene rings is 1. The number of rotatable bonds is 2. The van der Waals surface area contributed by atoms with Gasteiger partial charge in [0.1, 0.15) is 17.2 Å². The number of piperidine rings is 1. The van der Waals surface area contributed by atoms with Crippen LogP contribution in [0.15, 0.2) is 18.2 Å². The van der Waals surface area contributed by atoms with Gasteiger partial charge in [-0.3, -0.25) is 4.79 Å². The number of fused-ring (bicyclic) bond motifs is 5. The lowest BCUT2D eigenvalue weighted by Crippen LogP contribution is -2.60. The van der Waals surface area contributed by atoms with Gasteiger partial charge in [0.2, 0.25) is 0 Å². The summed E-state index contributed by atoms with van der Waals surface area (Å²) in [5, 5.41) is 3.06. The molecule has 0 aromatic heterocycles. The molecule has 0 bridgehead atoms. The van der Waals surface area contributed by atoms with Gasteiger partial charge >= 0.3 is 0 Å². The van der Waals surface area contributed by atoms with E-state index in [1.807, 2.05) is 0 Å². The maximum Gasteiger partial charge on any atom is 0.257 e. The summed E-state index contributed by atoms with van der Waals surface area (Å²) in [5.41, 5.74) is -0.0292. The first kappa shape index (κ1) is 21.4. The van der Waals surface area contributed by atoms with Crippen LogP contribution in [0.25, 0.3) is 0 Å². The van der Waals surface area contributed by atoms with Gasteiger partial charge in [-0.1, -0.05) is 19.9 Å². The topological polar surface area (TPSA) is 32.3 Å². The number of nitrogens with one attached hydrogen (secondary N) is 1. The second kappa shape index (κ2) is 7.54. The molecule has 4 fully saturated rings. The SMILES string of the molecule is CN1CCC[C@@]2(C)C1CC[C@@H]1[C@H]2CC[C@]2(C)C(NC(=O)c3c(F)cccc3F)CC[C@@H]12. The summed E-state index contributed by atoms with van der Waals surface area (Å²) < 4.78 is 28.3. The normalized spacial score (nSPS) is 42.4. The van der Waals surface area contributed by atoms with E-state index in [9.17, 15) is 13.6 Å². The smallest absolute Gasteiger partial charge is 0.257 e. The standard InChI is InChI=1S/C26H36F2N2O/c1-25-14-12-18-16(8-11-22-26(18,2)13-5-15-30(22)3)17(25)9-10-21(25)29-24(31)23-19(27)6-4-7-20(23)28/h4,6-7,16-18,21-22H,5,8-15H2,1-3H3,(H,29,31)/t16-,17-,18+,21?,22?,25-,26+/m0/s1. The van der Waals surface area contributed by atoms with Crippen molar-refractivity contribution in [2.24, 2.45) is 28.6 Å². The summed E-state index contributed by atoms with van der Waals surface area (Å²) in [7, 11) is 2.30. The molecular formula is C26H36F2N2O. The third-order valence-corrected chi connectivity index (χ3v) is 10.1. The van der Waals surface area contributed by atoms with Gasteiger partial charge in [-0.15, -0.1) is 0 Å². The van der Waals surface area contributed by atoms with Crippen LogP contribution in [0.4, 0.5) is 8.78 Å². The Morgan fingerprint density at radius 3 is 2.45 bits per heavy atom. The minimum absolute atomic E-state index is 0.00971. The van der Waals surface area contributed by atoms with E-state index in [1.54, 1.807) is 0 Å². The molecule has 1 amide bonds. The van der Waals surface area contributed by atoms with Crippen LogP contribution in [0.3, 0.4) is 0 Å². The Kier molecular flexibility index (Phi) is 5.19. The fourth-order valence-corrected chi connectivity index (χ4v) is 8.56. The third kappa shape index (κ3) is 3.17. The molecule has 1 N–H and O–H groups in total. The molecule has 5 heteroatoms. The van der Waals surface area contributed by atoms with Crippen molar-refractivity contribution in [1.29, 1.82) is 0 Å².